The summed E-state index contributed by atoms with van der Waals surface area (Å²) >= 11 is 1.76. The van der Waals surface area contributed by atoms with Crippen LogP contribution in [0.1, 0.15) is 24.3 Å². The molecule has 1 fully saturated rings. The first-order valence-electron chi connectivity index (χ1n) is 9.81. The number of nitrogens with one attached hydrogen (secondary N) is 1. The lowest BCUT2D eigenvalue weighted by molar-refractivity contribution is 0.413. The quantitative estimate of drug-likeness (QED) is 0.295. The zero-order valence-corrected chi connectivity index (χ0v) is 20.1. The maximum Gasteiger partial charge on any atom is 0.193 e. The number of hydrogen-bond donors (Lipinski definition) is 1. The standard InChI is InChI=1S/C21H27N5OS.HI/c1-22-20(25(2)14-18-13-16-7-3-4-8-19(16)27-18)23-10-9-17-15-28-21(24-17)26-11-5-6-12-26;/h3-4,7-8,13,15H,5-6,9-12,14H2,1-2H3,(H,22,23);1H. The number of para-hydroxylation sites is 1. The molecule has 0 saturated carbocycles. The lowest BCUT2D eigenvalue weighted by Crippen LogP contribution is -2.39. The Balaban J connectivity index is 0.00000240. The van der Waals surface area contributed by atoms with Gasteiger partial charge < -0.3 is 19.5 Å². The molecule has 8 heteroatoms. The second-order valence-electron chi connectivity index (χ2n) is 7.15. The molecule has 3 heterocycles. The van der Waals surface area contributed by atoms with Crippen molar-refractivity contribution in [1.29, 1.82) is 0 Å². The first kappa shape index (κ1) is 21.9. The number of hydrogen-bond acceptors (Lipinski definition) is 5. The smallest absolute Gasteiger partial charge is 0.193 e. The third-order valence-corrected chi connectivity index (χ3v) is 5.97. The van der Waals surface area contributed by atoms with Gasteiger partial charge in [-0.1, -0.05) is 18.2 Å². The largest absolute Gasteiger partial charge is 0.459 e. The Labute approximate surface area is 193 Å². The Morgan fingerprint density at radius 1 is 1.31 bits per heavy atom. The van der Waals surface area contributed by atoms with Crippen molar-refractivity contribution >= 4 is 57.4 Å². The maximum absolute atomic E-state index is 5.92. The van der Waals surface area contributed by atoms with Gasteiger partial charge in [-0.25, -0.2) is 4.98 Å². The Morgan fingerprint density at radius 3 is 2.86 bits per heavy atom. The molecule has 1 N–H and O–H groups in total. The van der Waals surface area contributed by atoms with E-state index >= 15 is 0 Å². The summed E-state index contributed by atoms with van der Waals surface area (Å²) in [6.07, 6.45) is 3.45. The predicted octanol–water partition coefficient (Wildman–Crippen LogP) is 4.36. The van der Waals surface area contributed by atoms with Crippen LogP contribution in [0, 0.1) is 0 Å². The monoisotopic (exact) mass is 525 g/mol. The van der Waals surface area contributed by atoms with Crippen LogP contribution in [0.4, 0.5) is 5.13 Å². The summed E-state index contributed by atoms with van der Waals surface area (Å²) in [5.41, 5.74) is 2.07. The van der Waals surface area contributed by atoms with E-state index in [2.05, 4.69) is 37.6 Å². The molecule has 0 amide bonds. The molecule has 0 radical (unpaired) electrons. The first-order valence-corrected chi connectivity index (χ1v) is 10.7. The normalized spacial score (nSPS) is 14.3. The zero-order valence-electron chi connectivity index (χ0n) is 16.9. The van der Waals surface area contributed by atoms with Gasteiger partial charge in [-0.15, -0.1) is 35.3 Å². The highest BCUT2D eigenvalue weighted by Gasteiger charge is 2.16. The molecule has 3 aromatic rings. The van der Waals surface area contributed by atoms with Crippen LogP contribution in [-0.4, -0.2) is 49.6 Å². The van der Waals surface area contributed by atoms with Crippen molar-refractivity contribution in [3.63, 3.8) is 0 Å². The maximum atomic E-state index is 5.92. The van der Waals surface area contributed by atoms with Crippen molar-refractivity contribution in [2.75, 3.05) is 38.6 Å². The number of aliphatic imine (C=N–C) groups is 1. The minimum atomic E-state index is 0. The molecule has 0 bridgehead atoms. The molecule has 0 spiro atoms. The van der Waals surface area contributed by atoms with Crippen molar-refractivity contribution < 1.29 is 4.42 Å². The van der Waals surface area contributed by atoms with Gasteiger partial charge >= 0.3 is 0 Å². The van der Waals surface area contributed by atoms with E-state index in [4.69, 9.17) is 9.40 Å². The number of rotatable bonds is 6. The molecule has 1 aliphatic heterocycles. The van der Waals surface area contributed by atoms with E-state index in [-0.39, 0.29) is 24.0 Å². The molecular weight excluding hydrogens is 497 g/mol. The fourth-order valence-corrected chi connectivity index (χ4v) is 4.49. The van der Waals surface area contributed by atoms with Crippen LogP contribution < -0.4 is 10.2 Å². The molecule has 0 aliphatic carbocycles. The summed E-state index contributed by atoms with van der Waals surface area (Å²) < 4.78 is 5.92. The van der Waals surface area contributed by atoms with E-state index in [0.29, 0.717) is 6.54 Å². The van der Waals surface area contributed by atoms with Crippen molar-refractivity contribution in [1.82, 2.24) is 15.2 Å². The van der Waals surface area contributed by atoms with Crippen molar-refractivity contribution in [2.24, 2.45) is 4.99 Å². The fraction of sp³-hybridized carbons (Fsp3) is 0.429. The summed E-state index contributed by atoms with van der Waals surface area (Å²) in [5, 5.41) is 7.91. The topological polar surface area (TPSA) is 56.9 Å². The molecule has 156 valence electrons. The third kappa shape index (κ3) is 5.42. The highest BCUT2D eigenvalue weighted by molar-refractivity contribution is 14.0. The molecule has 1 aliphatic rings. The average Bonchev–Trinajstić information content (AvgIpc) is 3.44. The van der Waals surface area contributed by atoms with Crippen LogP contribution in [0.2, 0.25) is 0 Å². The second-order valence-corrected chi connectivity index (χ2v) is 7.98. The molecular formula is C21H28IN5OS. The number of halogens is 1. The van der Waals surface area contributed by atoms with E-state index in [1.54, 1.807) is 11.3 Å². The molecule has 1 aromatic carbocycles. The number of thiazole rings is 1. The average molecular weight is 525 g/mol. The predicted molar refractivity (Wildman–Crippen MR) is 132 cm³/mol. The molecule has 4 rings (SSSR count). The minimum Gasteiger partial charge on any atom is -0.459 e. The molecule has 2 aromatic heterocycles. The highest BCUT2D eigenvalue weighted by atomic mass is 127. The van der Waals surface area contributed by atoms with Gasteiger partial charge in [0.1, 0.15) is 11.3 Å². The minimum absolute atomic E-state index is 0. The molecule has 0 atom stereocenters. The highest BCUT2D eigenvalue weighted by Crippen LogP contribution is 2.24. The number of anilines is 1. The summed E-state index contributed by atoms with van der Waals surface area (Å²) in [7, 11) is 3.84. The zero-order chi connectivity index (χ0) is 19.3. The van der Waals surface area contributed by atoms with E-state index in [0.717, 1.165) is 54.4 Å². The first-order chi connectivity index (χ1) is 13.7. The summed E-state index contributed by atoms with van der Waals surface area (Å²) in [4.78, 5) is 13.7. The van der Waals surface area contributed by atoms with E-state index in [1.807, 2.05) is 32.3 Å². The summed E-state index contributed by atoms with van der Waals surface area (Å²) in [6, 6.07) is 10.2. The molecule has 29 heavy (non-hydrogen) atoms. The van der Waals surface area contributed by atoms with Crippen LogP contribution in [0.5, 0.6) is 0 Å². The number of furan rings is 1. The van der Waals surface area contributed by atoms with Crippen LogP contribution >= 0.6 is 35.3 Å². The van der Waals surface area contributed by atoms with Gasteiger partial charge in [-0.3, -0.25) is 4.99 Å². The van der Waals surface area contributed by atoms with Gasteiger partial charge in [-0.05, 0) is 25.0 Å². The number of fused-ring (bicyclic) bond motifs is 1. The van der Waals surface area contributed by atoms with Crippen molar-refractivity contribution in [2.45, 2.75) is 25.8 Å². The fourth-order valence-electron chi connectivity index (χ4n) is 3.58. The van der Waals surface area contributed by atoms with E-state index < -0.39 is 0 Å². The Kier molecular flexibility index (Phi) is 7.77. The summed E-state index contributed by atoms with van der Waals surface area (Å²) in [6.45, 7) is 3.76. The second kappa shape index (κ2) is 10.3. The van der Waals surface area contributed by atoms with Gasteiger partial charge in [0.15, 0.2) is 11.1 Å². The Bertz CT molecular complexity index is 914. The number of guanidine groups is 1. The van der Waals surface area contributed by atoms with Crippen LogP contribution in [-0.2, 0) is 13.0 Å². The van der Waals surface area contributed by atoms with Crippen molar-refractivity contribution in [3.05, 3.63) is 47.2 Å². The van der Waals surface area contributed by atoms with Crippen LogP contribution in [0.15, 0.2) is 45.1 Å². The third-order valence-electron chi connectivity index (χ3n) is 5.02. The SMILES string of the molecule is CN=C(NCCc1csc(N2CCCC2)n1)N(C)Cc1cc2ccccc2o1.I. The molecule has 1 saturated heterocycles. The number of benzene rings is 1. The van der Waals surface area contributed by atoms with Crippen LogP contribution in [0.25, 0.3) is 11.0 Å². The van der Waals surface area contributed by atoms with Gasteiger partial charge in [0.2, 0.25) is 0 Å². The van der Waals surface area contributed by atoms with Gasteiger partial charge in [0.05, 0.1) is 12.2 Å². The number of aromatic nitrogens is 1. The Morgan fingerprint density at radius 2 is 2.10 bits per heavy atom. The number of nitrogens with zero attached hydrogens (tertiary/aromatic N) is 4. The van der Waals surface area contributed by atoms with Gasteiger partial charge in [0, 0.05) is 50.9 Å². The lowest BCUT2D eigenvalue weighted by atomic mass is 10.2. The van der Waals surface area contributed by atoms with E-state index in [1.165, 1.54) is 18.0 Å². The summed E-state index contributed by atoms with van der Waals surface area (Å²) in [5.74, 6) is 1.79. The lowest BCUT2D eigenvalue weighted by Gasteiger charge is -2.20. The molecule has 0 unspecified atom stereocenters. The van der Waals surface area contributed by atoms with E-state index in [9.17, 15) is 0 Å². The Hall–Kier alpha value is -1.81. The van der Waals surface area contributed by atoms with Crippen molar-refractivity contribution in [3.8, 4) is 0 Å². The van der Waals surface area contributed by atoms with Gasteiger partial charge in [0.25, 0.3) is 0 Å². The molecule has 6 nitrogen and oxygen atoms in total. The van der Waals surface area contributed by atoms with Gasteiger partial charge in [-0.2, -0.15) is 0 Å². The van der Waals surface area contributed by atoms with Crippen LogP contribution in [0.3, 0.4) is 0 Å².